The lowest BCUT2D eigenvalue weighted by atomic mass is 10.1. The number of nitrogens with zero attached hydrogens (tertiary/aromatic N) is 1. The summed E-state index contributed by atoms with van der Waals surface area (Å²) in [5.74, 6) is 0.593. The van der Waals surface area contributed by atoms with Crippen molar-refractivity contribution in [2.24, 2.45) is 0 Å². The number of likely N-dealkylation sites (tertiary alicyclic amines) is 1. The molecular formula is C21H25ClN2O3S. The van der Waals surface area contributed by atoms with Crippen molar-refractivity contribution in [3.05, 3.63) is 65.2 Å². The van der Waals surface area contributed by atoms with E-state index in [0.717, 1.165) is 49.9 Å². The van der Waals surface area contributed by atoms with Gasteiger partial charge in [-0.15, -0.1) is 11.6 Å². The molecule has 150 valence electrons. The zero-order valence-corrected chi connectivity index (χ0v) is 17.3. The Balaban J connectivity index is 1.64. The number of carbonyl (C=O) groups is 1. The molecule has 0 aromatic heterocycles. The molecule has 0 aliphatic carbocycles. The summed E-state index contributed by atoms with van der Waals surface area (Å²) in [4.78, 5) is 14.6. The van der Waals surface area contributed by atoms with E-state index >= 15 is 0 Å². The van der Waals surface area contributed by atoms with Crippen molar-refractivity contribution in [1.29, 1.82) is 0 Å². The highest BCUT2D eigenvalue weighted by Gasteiger charge is 2.20. The first-order chi connectivity index (χ1) is 13.5. The van der Waals surface area contributed by atoms with Gasteiger partial charge < -0.3 is 4.90 Å². The normalized spacial score (nSPS) is 14.4. The van der Waals surface area contributed by atoms with Gasteiger partial charge in [0.1, 0.15) is 0 Å². The molecule has 3 rings (SSSR count). The summed E-state index contributed by atoms with van der Waals surface area (Å²) in [6, 6.07) is 14.0. The molecule has 0 spiro atoms. The van der Waals surface area contributed by atoms with Gasteiger partial charge in [-0.1, -0.05) is 24.3 Å². The van der Waals surface area contributed by atoms with Crippen LogP contribution in [-0.4, -0.2) is 38.2 Å². The number of halogens is 1. The fourth-order valence-corrected chi connectivity index (χ4v) is 4.44. The number of nitrogens with one attached hydrogen (secondary N) is 1. The molecule has 1 aliphatic rings. The van der Waals surface area contributed by atoms with Crippen LogP contribution in [0.4, 0.5) is 0 Å². The molecule has 1 heterocycles. The van der Waals surface area contributed by atoms with Crippen LogP contribution in [0.3, 0.4) is 0 Å². The highest BCUT2D eigenvalue weighted by atomic mass is 35.5. The van der Waals surface area contributed by atoms with Gasteiger partial charge >= 0.3 is 0 Å². The Hall–Kier alpha value is -1.89. The smallest absolute Gasteiger partial charge is 0.253 e. The van der Waals surface area contributed by atoms with Crippen molar-refractivity contribution in [2.75, 3.05) is 19.0 Å². The second kappa shape index (κ2) is 9.54. The van der Waals surface area contributed by atoms with E-state index in [4.69, 9.17) is 11.6 Å². The maximum absolute atomic E-state index is 12.6. The number of alkyl halides is 1. The molecule has 2 aromatic carbocycles. The lowest BCUT2D eigenvalue weighted by Gasteiger charge is -2.15. The number of aryl methyl sites for hydroxylation is 1. The molecule has 1 aliphatic heterocycles. The average Bonchev–Trinajstić information content (AvgIpc) is 3.26. The van der Waals surface area contributed by atoms with Crippen LogP contribution in [0.15, 0.2) is 53.4 Å². The third kappa shape index (κ3) is 5.34. The first-order valence-corrected chi connectivity index (χ1v) is 11.5. The first-order valence-electron chi connectivity index (χ1n) is 9.52. The summed E-state index contributed by atoms with van der Waals surface area (Å²) in [6.45, 7) is 1.71. The second-order valence-electron chi connectivity index (χ2n) is 6.96. The molecule has 0 radical (unpaired) electrons. The summed E-state index contributed by atoms with van der Waals surface area (Å²) < 4.78 is 27.7. The summed E-state index contributed by atoms with van der Waals surface area (Å²) in [5.41, 5.74) is 2.42. The fraction of sp³-hybridized carbons (Fsp3) is 0.381. The molecule has 0 unspecified atom stereocenters. The molecule has 28 heavy (non-hydrogen) atoms. The number of rotatable bonds is 8. The predicted molar refractivity (Wildman–Crippen MR) is 111 cm³/mol. The Kier molecular flexibility index (Phi) is 7.10. The number of benzene rings is 2. The van der Waals surface area contributed by atoms with Crippen LogP contribution in [-0.2, 0) is 23.0 Å². The van der Waals surface area contributed by atoms with E-state index in [1.165, 1.54) is 0 Å². The van der Waals surface area contributed by atoms with Crippen LogP contribution in [0.1, 0.15) is 40.7 Å². The third-order valence-corrected chi connectivity index (χ3v) is 6.55. The van der Waals surface area contributed by atoms with Gasteiger partial charge in [0.15, 0.2) is 0 Å². The van der Waals surface area contributed by atoms with Crippen LogP contribution in [0.2, 0.25) is 0 Å². The Morgan fingerprint density at radius 3 is 2.43 bits per heavy atom. The SMILES string of the molecule is O=C(c1cccc(CNS(=O)(=O)c2ccc(CCCCl)cc2)c1)N1CCCC1. The van der Waals surface area contributed by atoms with E-state index in [9.17, 15) is 13.2 Å². The van der Waals surface area contributed by atoms with Crippen molar-refractivity contribution in [2.45, 2.75) is 37.1 Å². The number of amides is 1. The molecule has 2 aromatic rings. The predicted octanol–water partition coefficient (Wildman–Crippen LogP) is 3.57. The van der Waals surface area contributed by atoms with Crippen LogP contribution >= 0.6 is 11.6 Å². The molecule has 0 bridgehead atoms. The molecule has 1 saturated heterocycles. The van der Waals surface area contributed by atoms with Crippen LogP contribution < -0.4 is 4.72 Å². The number of carbonyl (C=O) groups excluding carboxylic acids is 1. The highest BCUT2D eigenvalue weighted by molar-refractivity contribution is 7.89. The molecule has 1 amide bonds. The van der Waals surface area contributed by atoms with E-state index in [1.807, 2.05) is 23.1 Å². The summed E-state index contributed by atoms with van der Waals surface area (Å²) in [5, 5.41) is 0. The zero-order chi connectivity index (χ0) is 20.0. The number of hydrogen-bond acceptors (Lipinski definition) is 3. The molecule has 5 nitrogen and oxygen atoms in total. The molecule has 0 saturated carbocycles. The van der Waals surface area contributed by atoms with Crippen LogP contribution in [0.5, 0.6) is 0 Å². The third-order valence-electron chi connectivity index (χ3n) is 4.87. The molecule has 1 N–H and O–H groups in total. The van der Waals surface area contributed by atoms with Crippen molar-refractivity contribution < 1.29 is 13.2 Å². The summed E-state index contributed by atoms with van der Waals surface area (Å²) in [7, 11) is -3.62. The van der Waals surface area contributed by atoms with E-state index in [1.54, 1.807) is 30.3 Å². The highest BCUT2D eigenvalue weighted by Crippen LogP contribution is 2.16. The Morgan fingerprint density at radius 2 is 1.75 bits per heavy atom. The topological polar surface area (TPSA) is 66.5 Å². The van der Waals surface area contributed by atoms with Gasteiger partial charge in [-0.3, -0.25) is 4.79 Å². The van der Waals surface area contributed by atoms with Gasteiger partial charge in [0.05, 0.1) is 4.90 Å². The molecule has 1 fully saturated rings. The van der Waals surface area contributed by atoms with E-state index in [2.05, 4.69) is 4.72 Å². The average molecular weight is 421 g/mol. The monoisotopic (exact) mass is 420 g/mol. The van der Waals surface area contributed by atoms with Crippen molar-refractivity contribution in [1.82, 2.24) is 9.62 Å². The van der Waals surface area contributed by atoms with Crippen LogP contribution in [0.25, 0.3) is 0 Å². The van der Waals surface area contributed by atoms with Gasteiger partial charge in [-0.2, -0.15) is 0 Å². The minimum atomic E-state index is -3.62. The minimum absolute atomic E-state index is 0.00902. The van der Waals surface area contributed by atoms with E-state index < -0.39 is 10.0 Å². The molecule has 7 heteroatoms. The van der Waals surface area contributed by atoms with Crippen molar-refractivity contribution >= 4 is 27.5 Å². The Labute approximate surface area is 171 Å². The lowest BCUT2D eigenvalue weighted by molar-refractivity contribution is 0.0792. The van der Waals surface area contributed by atoms with Gasteiger partial charge in [0, 0.05) is 31.1 Å². The van der Waals surface area contributed by atoms with Crippen LogP contribution in [0, 0.1) is 0 Å². The first kappa shape index (κ1) is 20.8. The minimum Gasteiger partial charge on any atom is -0.339 e. The number of sulfonamides is 1. The Morgan fingerprint density at radius 1 is 1.04 bits per heavy atom. The van der Waals surface area contributed by atoms with E-state index in [-0.39, 0.29) is 17.3 Å². The van der Waals surface area contributed by atoms with Gasteiger partial charge in [0.25, 0.3) is 5.91 Å². The quantitative estimate of drug-likeness (QED) is 0.664. The second-order valence-corrected chi connectivity index (χ2v) is 9.11. The van der Waals surface area contributed by atoms with Gasteiger partial charge in [-0.25, -0.2) is 13.1 Å². The van der Waals surface area contributed by atoms with Crippen molar-refractivity contribution in [3.63, 3.8) is 0 Å². The number of hydrogen-bond donors (Lipinski definition) is 1. The summed E-state index contributed by atoms with van der Waals surface area (Å²) in [6.07, 6.45) is 3.76. The molecule has 0 atom stereocenters. The summed E-state index contributed by atoms with van der Waals surface area (Å²) >= 11 is 5.69. The van der Waals surface area contributed by atoms with E-state index in [0.29, 0.717) is 11.4 Å². The zero-order valence-electron chi connectivity index (χ0n) is 15.7. The lowest BCUT2D eigenvalue weighted by Crippen LogP contribution is -2.28. The maximum atomic E-state index is 12.6. The van der Waals surface area contributed by atoms with Gasteiger partial charge in [-0.05, 0) is 61.1 Å². The Bertz CT molecular complexity index is 908. The standard InChI is InChI=1S/C21H25ClN2O3S/c22-12-4-6-17-8-10-20(11-9-17)28(26,27)23-16-18-5-3-7-19(15-18)21(25)24-13-1-2-14-24/h3,5,7-11,15,23H,1-2,4,6,12-14,16H2. The maximum Gasteiger partial charge on any atom is 0.253 e. The fourth-order valence-electron chi connectivity index (χ4n) is 3.29. The largest absolute Gasteiger partial charge is 0.339 e. The van der Waals surface area contributed by atoms with Gasteiger partial charge in [0.2, 0.25) is 10.0 Å². The molecular weight excluding hydrogens is 396 g/mol. The van der Waals surface area contributed by atoms with Crippen molar-refractivity contribution in [3.8, 4) is 0 Å².